The van der Waals surface area contributed by atoms with Gasteiger partial charge in [-0.1, -0.05) is 36.4 Å². The summed E-state index contributed by atoms with van der Waals surface area (Å²) in [7, 11) is 0. The molecule has 1 heterocycles. The average molecular weight is 454 g/mol. The molecule has 0 atom stereocenters. The van der Waals surface area contributed by atoms with E-state index in [9.17, 15) is 9.59 Å². The maximum absolute atomic E-state index is 12.5. The molecule has 0 radical (unpaired) electrons. The van der Waals surface area contributed by atoms with E-state index in [0.717, 1.165) is 17.4 Å². The van der Waals surface area contributed by atoms with Gasteiger partial charge in [-0.15, -0.1) is 0 Å². The fourth-order valence-corrected chi connectivity index (χ4v) is 3.34. The number of amides is 1. The second kappa shape index (κ2) is 10.3. The highest BCUT2D eigenvalue weighted by Gasteiger charge is 2.11. The second-order valence-corrected chi connectivity index (χ2v) is 7.52. The lowest BCUT2D eigenvalue weighted by molar-refractivity contribution is 0.0734. The number of nitrogens with two attached hydrogens (primary N) is 2. The SMILES string of the molecule is NC(N)=Nc1ccc(C(=O)Oc2ccc3nc(C(=O)NCCc4ccccc4)ccc3c2)cc1. The highest BCUT2D eigenvalue weighted by molar-refractivity contribution is 5.95. The quantitative estimate of drug-likeness (QED) is 0.170. The molecule has 8 heteroatoms. The maximum atomic E-state index is 12.5. The predicted molar refractivity (Wildman–Crippen MR) is 131 cm³/mol. The lowest BCUT2D eigenvalue weighted by atomic mass is 10.1. The molecule has 170 valence electrons. The smallest absolute Gasteiger partial charge is 0.343 e. The number of nitrogens with zero attached hydrogens (tertiary/aromatic N) is 2. The first-order chi connectivity index (χ1) is 16.5. The fraction of sp³-hybridized carbons (Fsp3) is 0.0769. The van der Waals surface area contributed by atoms with E-state index in [-0.39, 0.29) is 11.9 Å². The summed E-state index contributed by atoms with van der Waals surface area (Å²) in [6, 6.07) is 24.8. The van der Waals surface area contributed by atoms with Crippen molar-refractivity contribution in [1.82, 2.24) is 10.3 Å². The van der Waals surface area contributed by atoms with E-state index in [1.807, 2.05) is 30.3 Å². The Morgan fingerprint density at radius 2 is 1.68 bits per heavy atom. The van der Waals surface area contributed by atoms with Gasteiger partial charge in [0, 0.05) is 11.9 Å². The predicted octanol–water partition coefficient (Wildman–Crippen LogP) is 3.33. The van der Waals surface area contributed by atoms with Crippen LogP contribution in [0.2, 0.25) is 0 Å². The third-order valence-electron chi connectivity index (χ3n) is 5.01. The number of rotatable bonds is 7. The monoisotopic (exact) mass is 453 g/mol. The minimum absolute atomic E-state index is 0.0621. The minimum atomic E-state index is -0.516. The molecule has 0 fully saturated rings. The summed E-state index contributed by atoms with van der Waals surface area (Å²) in [5.41, 5.74) is 13.7. The van der Waals surface area contributed by atoms with Crippen LogP contribution in [0.3, 0.4) is 0 Å². The summed E-state index contributed by atoms with van der Waals surface area (Å²) in [6.45, 7) is 0.518. The van der Waals surface area contributed by atoms with Gasteiger partial charge in [0.15, 0.2) is 5.96 Å². The van der Waals surface area contributed by atoms with Gasteiger partial charge in [-0.05, 0) is 60.5 Å². The van der Waals surface area contributed by atoms with Crippen LogP contribution in [0.5, 0.6) is 5.75 Å². The van der Waals surface area contributed by atoms with Gasteiger partial charge in [0.1, 0.15) is 11.4 Å². The maximum Gasteiger partial charge on any atom is 0.343 e. The molecule has 1 aromatic heterocycles. The molecule has 3 aromatic carbocycles. The van der Waals surface area contributed by atoms with E-state index in [1.54, 1.807) is 54.6 Å². The molecule has 0 aliphatic rings. The van der Waals surface area contributed by atoms with Crippen molar-refractivity contribution in [3.63, 3.8) is 0 Å². The van der Waals surface area contributed by atoms with Crippen LogP contribution >= 0.6 is 0 Å². The van der Waals surface area contributed by atoms with Crippen LogP contribution in [0.15, 0.2) is 89.9 Å². The number of pyridine rings is 1. The Labute approximate surface area is 196 Å². The van der Waals surface area contributed by atoms with Crippen molar-refractivity contribution in [2.24, 2.45) is 16.5 Å². The Balaban J connectivity index is 1.39. The van der Waals surface area contributed by atoms with Gasteiger partial charge in [0.2, 0.25) is 0 Å². The molecular formula is C26H23N5O3. The Bertz CT molecular complexity index is 1350. The number of aliphatic imine (C=N–C) groups is 1. The number of fused-ring (bicyclic) bond motifs is 1. The van der Waals surface area contributed by atoms with Crippen molar-refractivity contribution in [1.29, 1.82) is 0 Å². The first-order valence-corrected chi connectivity index (χ1v) is 10.6. The van der Waals surface area contributed by atoms with Gasteiger partial charge in [-0.25, -0.2) is 14.8 Å². The Kier molecular flexibility index (Phi) is 6.78. The number of ether oxygens (including phenoxy) is 1. The summed E-state index contributed by atoms with van der Waals surface area (Å²) < 4.78 is 5.47. The molecule has 0 saturated heterocycles. The Morgan fingerprint density at radius 1 is 0.912 bits per heavy atom. The standard InChI is InChI=1S/C26H23N5O3/c27-26(28)30-20-9-6-18(7-10-20)25(33)34-21-11-13-22-19(16-21)8-12-23(31-22)24(32)29-15-14-17-4-2-1-3-5-17/h1-13,16H,14-15H2,(H,29,32)(H4,27,28,30). The van der Waals surface area contributed by atoms with E-state index in [1.165, 1.54) is 0 Å². The first-order valence-electron chi connectivity index (χ1n) is 10.6. The molecule has 4 rings (SSSR count). The van der Waals surface area contributed by atoms with E-state index >= 15 is 0 Å². The minimum Gasteiger partial charge on any atom is -0.423 e. The van der Waals surface area contributed by atoms with Crippen LogP contribution in [0, 0.1) is 0 Å². The number of aromatic nitrogens is 1. The topological polar surface area (TPSA) is 133 Å². The third kappa shape index (κ3) is 5.74. The van der Waals surface area contributed by atoms with Gasteiger partial charge in [-0.2, -0.15) is 0 Å². The zero-order valence-corrected chi connectivity index (χ0v) is 18.3. The van der Waals surface area contributed by atoms with E-state index in [0.29, 0.717) is 34.8 Å². The molecule has 4 aromatic rings. The summed E-state index contributed by atoms with van der Waals surface area (Å²) in [5.74, 6) is -0.448. The van der Waals surface area contributed by atoms with Crippen molar-refractivity contribution in [2.45, 2.75) is 6.42 Å². The summed E-state index contributed by atoms with van der Waals surface area (Å²) in [4.78, 5) is 33.3. The molecule has 1 amide bonds. The van der Waals surface area contributed by atoms with E-state index in [2.05, 4.69) is 15.3 Å². The van der Waals surface area contributed by atoms with Crippen LogP contribution in [-0.4, -0.2) is 29.4 Å². The van der Waals surface area contributed by atoms with E-state index in [4.69, 9.17) is 16.2 Å². The number of guanidine groups is 1. The van der Waals surface area contributed by atoms with Gasteiger partial charge in [-0.3, -0.25) is 4.79 Å². The van der Waals surface area contributed by atoms with Gasteiger partial charge >= 0.3 is 5.97 Å². The number of benzene rings is 3. The lowest BCUT2D eigenvalue weighted by Crippen LogP contribution is -2.26. The number of nitrogens with one attached hydrogen (secondary N) is 1. The first kappa shape index (κ1) is 22.5. The number of carbonyl (C=O) groups is 2. The second-order valence-electron chi connectivity index (χ2n) is 7.52. The summed E-state index contributed by atoms with van der Waals surface area (Å²) in [6.07, 6.45) is 0.742. The molecule has 0 aliphatic heterocycles. The molecule has 0 spiro atoms. The highest BCUT2D eigenvalue weighted by atomic mass is 16.5. The number of hydrogen-bond donors (Lipinski definition) is 3. The van der Waals surface area contributed by atoms with Crippen LogP contribution in [0.4, 0.5) is 5.69 Å². The van der Waals surface area contributed by atoms with Crippen LogP contribution < -0.4 is 21.5 Å². The molecule has 0 aliphatic carbocycles. The third-order valence-corrected chi connectivity index (χ3v) is 5.01. The molecule has 5 N–H and O–H groups in total. The van der Waals surface area contributed by atoms with Crippen LogP contribution in [-0.2, 0) is 6.42 Å². The number of esters is 1. The Hall–Kier alpha value is -4.72. The van der Waals surface area contributed by atoms with Crippen LogP contribution in [0.25, 0.3) is 10.9 Å². The Morgan fingerprint density at radius 3 is 2.41 bits per heavy atom. The van der Waals surface area contributed by atoms with Crippen molar-refractivity contribution >= 4 is 34.4 Å². The van der Waals surface area contributed by atoms with Gasteiger partial charge in [0.05, 0.1) is 16.8 Å². The molecular weight excluding hydrogens is 430 g/mol. The number of hydrogen-bond acceptors (Lipinski definition) is 5. The molecule has 8 nitrogen and oxygen atoms in total. The molecule has 0 bridgehead atoms. The highest BCUT2D eigenvalue weighted by Crippen LogP contribution is 2.22. The molecule has 0 saturated carbocycles. The summed E-state index contributed by atoms with van der Waals surface area (Å²) >= 11 is 0. The fourth-order valence-electron chi connectivity index (χ4n) is 3.34. The number of carbonyl (C=O) groups excluding carboxylic acids is 2. The normalized spacial score (nSPS) is 10.5. The van der Waals surface area contributed by atoms with Gasteiger partial charge in [0.25, 0.3) is 5.91 Å². The van der Waals surface area contributed by atoms with E-state index < -0.39 is 5.97 Å². The average Bonchev–Trinajstić information content (AvgIpc) is 2.84. The van der Waals surface area contributed by atoms with Crippen molar-refractivity contribution in [3.05, 3.63) is 102 Å². The largest absolute Gasteiger partial charge is 0.423 e. The summed E-state index contributed by atoms with van der Waals surface area (Å²) in [5, 5.41) is 3.63. The van der Waals surface area contributed by atoms with Crippen molar-refractivity contribution < 1.29 is 14.3 Å². The van der Waals surface area contributed by atoms with Gasteiger partial charge < -0.3 is 21.5 Å². The zero-order chi connectivity index (χ0) is 23.9. The molecule has 34 heavy (non-hydrogen) atoms. The van der Waals surface area contributed by atoms with Crippen LogP contribution in [0.1, 0.15) is 26.4 Å². The molecule has 0 unspecified atom stereocenters. The zero-order valence-electron chi connectivity index (χ0n) is 18.3. The van der Waals surface area contributed by atoms with Crippen molar-refractivity contribution in [2.75, 3.05) is 6.54 Å². The van der Waals surface area contributed by atoms with Crippen molar-refractivity contribution in [3.8, 4) is 5.75 Å². The lowest BCUT2D eigenvalue weighted by Gasteiger charge is -2.08.